The summed E-state index contributed by atoms with van der Waals surface area (Å²) < 4.78 is 5.26. The lowest BCUT2D eigenvalue weighted by Crippen LogP contribution is -1.95. The van der Waals surface area contributed by atoms with Gasteiger partial charge < -0.3 is 4.74 Å². The van der Waals surface area contributed by atoms with Crippen molar-refractivity contribution in [1.82, 2.24) is 4.98 Å². The van der Waals surface area contributed by atoms with Gasteiger partial charge in [0.1, 0.15) is 5.75 Å². The Bertz CT molecular complexity index is 1050. The van der Waals surface area contributed by atoms with Gasteiger partial charge >= 0.3 is 0 Å². The molecule has 0 aliphatic heterocycles. The normalized spacial score (nSPS) is 11.1. The fourth-order valence-electron chi connectivity index (χ4n) is 3.35. The first-order valence-electron chi connectivity index (χ1n) is 8.12. The Morgan fingerprint density at radius 3 is 2.29 bits per heavy atom. The van der Waals surface area contributed by atoms with Crippen LogP contribution in [0.1, 0.15) is 11.1 Å². The lowest BCUT2D eigenvalue weighted by atomic mass is 9.95. The highest BCUT2D eigenvalue weighted by atomic mass is 16.5. The highest BCUT2D eigenvalue weighted by Gasteiger charge is 2.12. The molecule has 1 aromatic heterocycles. The molecule has 0 aliphatic carbocycles. The topological polar surface area (TPSA) is 22.1 Å². The summed E-state index contributed by atoms with van der Waals surface area (Å²) in [5, 5.41) is 3.78. The highest BCUT2D eigenvalue weighted by molar-refractivity contribution is 6.08. The quantitative estimate of drug-likeness (QED) is 0.444. The number of aromatic nitrogens is 1. The summed E-state index contributed by atoms with van der Waals surface area (Å²) in [6, 6.07) is 20.9. The molecule has 0 unspecified atom stereocenters. The molecule has 1 heterocycles. The van der Waals surface area contributed by atoms with Gasteiger partial charge in [-0.25, -0.2) is 4.98 Å². The van der Waals surface area contributed by atoms with Crippen molar-refractivity contribution in [1.29, 1.82) is 0 Å². The van der Waals surface area contributed by atoms with E-state index in [0.717, 1.165) is 22.5 Å². The van der Waals surface area contributed by atoms with Crippen LogP contribution in [0.5, 0.6) is 5.75 Å². The zero-order chi connectivity index (χ0) is 16.7. The maximum absolute atomic E-state index is 5.26. The molecule has 0 atom stereocenters. The lowest BCUT2D eigenvalue weighted by molar-refractivity contribution is 0.415. The summed E-state index contributed by atoms with van der Waals surface area (Å²) in [6.07, 6.45) is 0. The molecule has 0 amide bonds. The van der Waals surface area contributed by atoms with E-state index in [-0.39, 0.29) is 0 Å². The average Bonchev–Trinajstić information content (AvgIpc) is 2.64. The second-order valence-electron chi connectivity index (χ2n) is 6.12. The number of rotatable bonds is 2. The van der Waals surface area contributed by atoms with Crippen LogP contribution in [-0.2, 0) is 0 Å². The minimum absolute atomic E-state index is 0.861. The predicted octanol–water partition coefficient (Wildman–Crippen LogP) is 5.68. The number of nitrogens with zero attached hydrogens (tertiary/aromatic N) is 1. The van der Waals surface area contributed by atoms with E-state index in [2.05, 4.69) is 62.4 Å². The van der Waals surface area contributed by atoms with Crippen LogP contribution in [0.3, 0.4) is 0 Å². The molecule has 0 N–H and O–H groups in total. The molecule has 0 bridgehead atoms. The monoisotopic (exact) mass is 313 g/mol. The lowest BCUT2D eigenvalue weighted by Gasteiger charge is -2.14. The van der Waals surface area contributed by atoms with Gasteiger partial charge in [-0.2, -0.15) is 0 Å². The van der Waals surface area contributed by atoms with Gasteiger partial charge in [0.2, 0.25) is 0 Å². The fraction of sp³-hybridized carbons (Fsp3) is 0.136. The van der Waals surface area contributed by atoms with Crippen molar-refractivity contribution in [3.63, 3.8) is 0 Å². The van der Waals surface area contributed by atoms with Crippen LogP contribution < -0.4 is 4.74 Å². The molecule has 2 nitrogen and oxygen atoms in total. The van der Waals surface area contributed by atoms with E-state index in [0.29, 0.717) is 0 Å². The molecule has 2 heteroatoms. The van der Waals surface area contributed by atoms with Crippen molar-refractivity contribution in [3.05, 3.63) is 71.8 Å². The number of aryl methyl sites for hydroxylation is 1. The third-order valence-electron chi connectivity index (χ3n) is 4.80. The van der Waals surface area contributed by atoms with Gasteiger partial charge in [-0.15, -0.1) is 0 Å². The van der Waals surface area contributed by atoms with Crippen molar-refractivity contribution in [2.24, 2.45) is 0 Å². The fourth-order valence-corrected chi connectivity index (χ4v) is 3.35. The second kappa shape index (κ2) is 5.64. The minimum Gasteiger partial charge on any atom is -0.497 e. The first-order chi connectivity index (χ1) is 11.7. The summed E-state index contributed by atoms with van der Waals surface area (Å²) >= 11 is 0. The Labute approximate surface area is 141 Å². The summed E-state index contributed by atoms with van der Waals surface area (Å²) in [5.74, 6) is 0.861. The SMILES string of the molecule is COc1ccc(-c2nc3ccc4ccccc4c3c(C)c2C)cc1. The van der Waals surface area contributed by atoms with E-state index in [9.17, 15) is 0 Å². The van der Waals surface area contributed by atoms with Gasteiger partial charge in [-0.1, -0.05) is 30.3 Å². The van der Waals surface area contributed by atoms with Crippen molar-refractivity contribution in [2.75, 3.05) is 7.11 Å². The average molecular weight is 313 g/mol. The van der Waals surface area contributed by atoms with Crippen LogP contribution in [0.15, 0.2) is 60.7 Å². The van der Waals surface area contributed by atoms with Gasteiger partial charge in [0.15, 0.2) is 0 Å². The van der Waals surface area contributed by atoms with Gasteiger partial charge in [-0.05, 0) is 66.1 Å². The molecule has 0 saturated carbocycles. The number of hydrogen-bond donors (Lipinski definition) is 0. The number of fused-ring (bicyclic) bond motifs is 3. The number of pyridine rings is 1. The van der Waals surface area contributed by atoms with Crippen LogP contribution in [-0.4, -0.2) is 12.1 Å². The Morgan fingerprint density at radius 2 is 1.54 bits per heavy atom. The Kier molecular flexibility index (Phi) is 3.46. The number of hydrogen-bond acceptors (Lipinski definition) is 2. The molecule has 0 saturated heterocycles. The molecule has 24 heavy (non-hydrogen) atoms. The molecule has 0 fully saturated rings. The molecular formula is C22H19NO. The molecule has 118 valence electrons. The van der Waals surface area contributed by atoms with E-state index >= 15 is 0 Å². The summed E-state index contributed by atoms with van der Waals surface area (Å²) in [4.78, 5) is 4.97. The van der Waals surface area contributed by atoms with Gasteiger partial charge in [0.25, 0.3) is 0 Å². The highest BCUT2D eigenvalue weighted by Crippen LogP contribution is 2.33. The van der Waals surface area contributed by atoms with Crippen molar-refractivity contribution in [3.8, 4) is 17.0 Å². The standard InChI is InChI=1S/C22H19NO/c1-14-15(2)22(17-8-11-18(24-3)12-9-17)23-20-13-10-16-6-4-5-7-19(16)21(14)20/h4-13H,1-3H3. The third kappa shape index (κ3) is 2.23. The number of benzene rings is 3. The molecule has 4 rings (SSSR count). The largest absolute Gasteiger partial charge is 0.497 e. The molecule has 0 aliphatic rings. The predicted molar refractivity (Wildman–Crippen MR) is 101 cm³/mol. The summed E-state index contributed by atoms with van der Waals surface area (Å²) in [6.45, 7) is 4.35. The second-order valence-corrected chi connectivity index (χ2v) is 6.12. The van der Waals surface area contributed by atoms with E-state index < -0.39 is 0 Å². The zero-order valence-electron chi connectivity index (χ0n) is 14.1. The van der Waals surface area contributed by atoms with Crippen molar-refractivity contribution < 1.29 is 4.74 Å². The van der Waals surface area contributed by atoms with Gasteiger partial charge in [-0.3, -0.25) is 0 Å². The molecule has 0 radical (unpaired) electrons. The summed E-state index contributed by atoms with van der Waals surface area (Å²) in [7, 11) is 1.68. The third-order valence-corrected chi connectivity index (χ3v) is 4.80. The Morgan fingerprint density at radius 1 is 0.792 bits per heavy atom. The molecule has 0 spiro atoms. The molecule has 4 aromatic rings. The van der Waals surface area contributed by atoms with E-state index in [1.165, 1.54) is 27.3 Å². The first-order valence-corrected chi connectivity index (χ1v) is 8.12. The summed E-state index contributed by atoms with van der Waals surface area (Å²) in [5.41, 5.74) is 5.72. The van der Waals surface area contributed by atoms with Gasteiger partial charge in [0, 0.05) is 10.9 Å². The number of ether oxygens (including phenoxy) is 1. The minimum atomic E-state index is 0.861. The maximum Gasteiger partial charge on any atom is 0.118 e. The Balaban J connectivity index is 2.01. The smallest absolute Gasteiger partial charge is 0.118 e. The van der Waals surface area contributed by atoms with E-state index in [4.69, 9.17) is 9.72 Å². The van der Waals surface area contributed by atoms with Crippen molar-refractivity contribution in [2.45, 2.75) is 13.8 Å². The van der Waals surface area contributed by atoms with Crippen LogP contribution in [0, 0.1) is 13.8 Å². The first kappa shape index (κ1) is 14.7. The van der Waals surface area contributed by atoms with Gasteiger partial charge in [0.05, 0.1) is 18.3 Å². The van der Waals surface area contributed by atoms with E-state index in [1.54, 1.807) is 7.11 Å². The molecular weight excluding hydrogens is 294 g/mol. The zero-order valence-corrected chi connectivity index (χ0v) is 14.1. The maximum atomic E-state index is 5.26. The van der Waals surface area contributed by atoms with Crippen LogP contribution >= 0.6 is 0 Å². The number of methoxy groups -OCH3 is 1. The molecule has 3 aromatic carbocycles. The van der Waals surface area contributed by atoms with Crippen molar-refractivity contribution >= 4 is 21.7 Å². The van der Waals surface area contributed by atoms with Crippen LogP contribution in [0.4, 0.5) is 0 Å². The van der Waals surface area contributed by atoms with E-state index in [1.807, 2.05) is 12.1 Å². The van der Waals surface area contributed by atoms with Crippen LogP contribution in [0.2, 0.25) is 0 Å². The van der Waals surface area contributed by atoms with Crippen LogP contribution in [0.25, 0.3) is 32.9 Å². The Hall–Kier alpha value is -2.87.